The van der Waals surface area contributed by atoms with E-state index in [0.29, 0.717) is 5.92 Å². The SMILES string of the molecule is Cc1nc2ccsc2c(Cl)c1C(C)C. The second-order valence-electron chi connectivity index (χ2n) is 3.71. The maximum Gasteiger partial charge on any atom is 0.0828 e. The molecule has 74 valence electrons. The summed E-state index contributed by atoms with van der Waals surface area (Å²) in [6, 6.07) is 2.02. The zero-order chi connectivity index (χ0) is 10.3. The largest absolute Gasteiger partial charge is 0.252 e. The Morgan fingerprint density at radius 2 is 2.14 bits per heavy atom. The summed E-state index contributed by atoms with van der Waals surface area (Å²) in [5.41, 5.74) is 3.25. The Balaban J connectivity index is 2.82. The van der Waals surface area contributed by atoms with Gasteiger partial charge in [-0.25, -0.2) is 0 Å². The highest BCUT2D eigenvalue weighted by molar-refractivity contribution is 7.17. The molecule has 0 saturated carbocycles. The molecule has 2 aromatic heterocycles. The minimum atomic E-state index is 0.432. The van der Waals surface area contributed by atoms with Gasteiger partial charge < -0.3 is 0 Å². The molecule has 0 unspecified atom stereocenters. The van der Waals surface area contributed by atoms with Crippen molar-refractivity contribution in [3.05, 3.63) is 27.7 Å². The predicted octanol–water partition coefficient (Wildman–Crippen LogP) is 4.38. The topological polar surface area (TPSA) is 12.9 Å². The number of nitrogens with zero attached hydrogens (tertiary/aromatic N) is 1. The lowest BCUT2D eigenvalue weighted by molar-refractivity contribution is 0.848. The van der Waals surface area contributed by atoms with Crippen LogP contribution in [0.4, 0.5) is 0 Å². The molecular weight excluding hydrogens is 214 g/mol. The van der Waals surface area contributed by atoms with E-state index in [0.717, 1.165) is 20.9 Å². The van der Waals surface area contributed by atoms with Crippen LogP contribution in [0.15, 0.2) is 11.4 Å². The van der Waals surface area contributed by atoms with Gasteiger partial charge in [0.15, 0.2) is 0 Å². The molecule has 0 saturated heterocycles. The van der Waals surface area contributed by atoms with E-state index >= 15 is 0 Å². The number of pyridine rings is 1. The summed E-state index contributed by atoms with van der Waals surface area (Å²) in [4.78, 5) is 4.54. The average molecular weight is 226 g/mol. The number of rotatable bonds is 1. The standard InChI is InChI=1S/C11H12ClNS/c1-6(2)9-7(3)13-8-4-5-14-11(8)10(9)12/h4-6H,1-3H3. The van der Waals surface area contributed by atoms with Crippen molar-refractivity contribution in [2.45, 2.75) is 26.7 Å². The monoisotopic (exact) mass is 225 g/mol. The Morgan fingerprint density at radius 3 is 2.79 bits per heavy atom. The normalized spacial score (nSPS) is 11.5. The molecule has 1 nitrogen and oxygen atoms in total. The summed E-state index contributed by atoms with van der Waals surface area (Å²) < 4.78 is 1.11. The van der Waals surface area contributed by atoms with E-state index in [1.54, 1.807) is 11.3 Å². The van der Waals surface area contributed by atoms with Crippen molar-refractivity contribution in [1.29, 1.82) is 0 Å². The molecule has 14 heavy (non-hydrogen) atoms. The molecule has 0 atom stereocenters. The van der Waals surface area contributed by atoms with E-state index in [2.05, 4.69) is 18.8 Å². The number of hydrogen-bond donors (Lipinski definition) is 0. The van der Waals surface area contributed by atoms with Gasteiger partial charge in [0.05, 0.1) is 15.2 Å². The van der Waals surface area contributed by atoms with E-state index in [9.17, 15) is 0 Å². The molecule has 0 radical (unpaired) electrons. The second kappa shape index (κ2) is 3.52. The number of aryl methyl sites for hydroxylation is 1. The van der Waals surface area contributed by atoms with Crippen LogP contribution in [0.5, 0.6) is 0 Å². The van der Waals surface area contributed by atoms with E-state index < -0.39 is 0 Å². The Bertz CT molecular complexity index is 473. The molecule has 0 N–H and O–H groups in total. The van der Waals surface area contributed by atoms with E-state index in [-0.39, 0.29) is 0 Å². The quantitative estimate of drug-likeness (QED) is 0.702. The summed E-state index contributed by atoms with van der Waals surface area (Å²) in [6.45, 7) is 6.32. The van der Waals surface area contributed by atoms with Gasteiger partial charge in [-0.05, 0) is 29.9 Å². The Labute approximate surface area is 92.7 Å². The molecule has 2 aromatic rings. The molecule has 0 spiro atoms. The van der Waals surface area contributed by atoms with E-state index in [1.165, 1.54) is 5.56 Å². The number of aromatic nitrogens is 1. The first kappa shape index (κ1) is 9.94. The summed E-state index contributed by atoms with van der Waals surface area (Å²) in [6.07, 6.45) is 0. The van der Waals surface area contributed by atoms with Crippen molar-refractivity contribution in [2.75, 3.05) is 0 Å². The van der Waals surface area contributed by atoms with Crippen molar-refractivity contribution in [3.8, 4) is 0 Å². The van der Waals surface area contributed by atoms with Gasteiger partial charge in [0.1, 0.15) is 0 Å². The Kier molecular flexibility index (Phi) is 2.50. The zero-order valence-electron chi connectivity index (χ0n) is 8.47. The Morgan fingerprint density at radius 1 is 1.43 bits per heavy atom. The minimum Gasteiger partial charge on any atom is -0.252 e. The summed E-state index contributed by atoms with van der Waals surface area (Å²) >= 11 is 8.01. The van der Waals surface area contributed by atoms with Gasteiger partial charge in [-0.3, -0.25) is 4.98 Å². The van der Waals surface area contributed by atoms with Gasteiger partial charge in [-0.15, -0.1) is 11.3 Å². The van der Waals surface area contributed by atoms with Crippen LogP contribution in [0.1, 0.15) is 31.0 Å². The lowest BCUT2D eigenvalue weighted by Crippen LogP contribution is -1.96. The van der Waals surface area contributed by atoms with Gasteiger partial charge >= 0.3 is 0 Å². The van der Waals surface area contributed by atoms with Gasteiger partial charge in [0.2, 0.25) is 0 Å². The van der Waals surface area contributed by atoms with Crippen LogP contribution in [-0.4, -0.2) is 4.98 Å². The molecule has 3 heteroatoms. The molecule has 0 bridgehead atoms. The molecule has 0 aromatic carbocycles. The smallest absolute Gasteiger partial charge is 0.0828 e. The van der Waals surface area contributed by atoms with Crippen LogP contribution < -0.4 is 0 Å². The molecule has 0 aliphatic carbocycles. The molecule has 2 rings (SSSR count). The Hall–Kier alpha value is -0.600. The fourth-order valence-electron chi connectivity index (χ4n) is 1.75. The van der Waals surface area contributed by atoms with Gasteiger partial charge in [0.25, 0.3) is 0 Å². The highest BCUT2D eigenvalue weighted by atomic mass is 35.5. The number of halogens is 1. The first-order valence-corrected chi connectivity index (χ1v) is 5.90. The first-order valence-electron chi connectivity index (χ1n) is 4.64. The van der Waals surface area contributed by atoms with E-state index in [1.807, 2.05) is 18.4 Å². The third kappa shape index (κ3) is 1.43. The van der Waals surface area contributed by atoms with Gasteiger partial charge in [0, 0.05) is 5.69 Å². The maximum absolute atomic E-state index is 6.35. The van der Waals surface area contributed by atoms with Crippen LogP contribution in [0.2, 0.25) is 5.02 Å². The van der Waals surface area contributed by atoms with Gasteiger partial charge in [-0.2, -0.15) is 0 Å². The molecular formula is C11H12ClNS. The zero-order valence-corrected chi connectivity index (χ0v) is 10.0. The summed E-state index contributed by atoms with van der Waals surface area (Å²) in [5, 5.41) is 2.92. The summed E-state index contributed by atoms with van der Waals surface area (Å²) in [7, 11) is 0. The van der Waals surface area contributed by atoms with Crippen molar-refractivity contribution >= 4 is 33.2 Å². The maximum atomic E-state index is 6.35. The molecule has 0 aliphatic heterocycles. The number of thiophene rings is 1. The lowest BCUT2D eigenvalue weighted by Gasteiger charge is -2.11. The first-order chi connectivity index (χ1) is 6.61. The summed E-state index contributed by atoms with van der Waals surface area (Å²) in [5.74, 6) is 0.432. The third-order valence-electron chi connectivity index (χ3n) is 2.34. The molecule has 0 fully saturated rings. The van der Waals surface area contributed by atoms with Crippen LogP contribution in [0.25, 0.3) is 10.2 Å². The fourth-order valence-corrected chi connectivity index (χ4v) is 3.11. The molecule has 2 heterocycles. The second-order valence-corrected chi connectivity index (χ2v) is 5.01. The molecule has 0 amide bonds. The van der Waals surface area contributed by atoms with Crippen molar-refractivity contribution in [3.63, 3.8) is 0 Å². The average Bonchev–Trinajstić information content (AvgIpc) is 2.50. The van der Waals surface area contributed by atoms with Crippen molar-refractivity contribution in [1.82, 2.24) is 4.98 Å². The minimum absolute atomic E-state index is 0.432. The number of fused-ring (bicyclic) bond motifs is 1. The van der Waals surface area contributed by atoms with Gasteiger partial charge in [-0.1, -0.05) is 25.4 Å². The van der Waals surface area contributed by atoms with Crippen LogP contribution in [0.3, 0.4) is 0 Å². The molecule has 0 aliphatic rings. The van der Waals surface area contributed by atoms with Crippen LogP contribution in [-0.2, 0) is 0 Å². The van der Waals surface area contributed by atoms with Crippen molar-refractivity contribution < 1.29 is 0 Å². The lowest BCUT2D eigenvalue weighted by atomic mass is 10.0. The highest BCUT2D eigenvalue weighted by Gasteiger charge is 2.14. The highest BCUT2D eigenvalue weighted by Crippen LogP contribution is 2.35. The predicted molar refractivity (Wildman–Crippen MR) is 63.5 cm³/mol. The third-order valence-corrected chi connectivity index (χ3v) is 3.76. The number of hydrogen-bond acceptors (Lipinski definition) is 2. The van der Waals surface area contributed by atoms with Crippen LogP contribution >= 0.6 is 22.9 Å². The fraction of sp³-hybridized carbons (Fsp3) is 0.364. The van der Waals surface area contributed by atoms with Crippen LogP contribution in [0, 0.1) is 6.92 Å². The van der Waals surface area contributed by atoms with E-state index in [4.69, 9.17) is 11.6 Å². The van der Waals surface area contributed by atoms with Crippen molar-refractivity contribution in [2.24, 2.45) is 0 Å².